The summed E-state index contributed by atoms with van der Waals surface area (Å²) >= 11 is 6.00. The highest BCUT2D eigenvalue weighted by atomic mass is 35.5. The van der Waals surface area contributed by atoms with E-state index in [0.29, 0.717) is 18.0 Å². The third kappa shape index (κ3) is 5.04. The van der Waals surface area contributed by atoms with E-state index in [1.807, 2.05) is 66.3 Å². The van der Waals surface area contributed by atoms with E-state index in [1.54, 1.807) is 13.3 Å². The lowest BCUT2D eigenvalue weighted by Gasteiger charge is -2.20. The van der Waals surface area contributed by atoms with E-state index >= 15 is 0 Å². The summed E-state index contributed by atoms with van der Waals surface area (Å²) < 4.78 is 7.20. The molecular weight excluding hydrogens is 376 g/mol. The van der Waals surface area contributed by atoms with Crippen molar-refractivity contribution in [1.29, 1.82) is 0 Å². The monoisotopic (exact) mass is 398 g/mol. The predicted octanol–water partition coefficient (Wildman–Crippen LogP) is 3.71. The highest BCUT2D eigenvalue weighted by molar-refractivity contribution is 6.30. The molecule has 0 aliphatic heterocycles. The Hall–Kier alpha value is -2.99. The van der Waals surface area contributed by atoms with Crippen LogP contribution in [-0.4, -0.2) is 29.2 Å². The normalized spacial score (nSPS) is 11.7. The maximum Gasteiger partial charge on any atom is 0.315 e. The zero-order valence-electron chi connectivity index (χ0n) is 15.9. The van der Waals surface area contributed by atoms with Gasteiger partial charge >= 0.3 is 6.03 Å². The fourth-order valence-corrected chi connectivity index (χ4v) is 3.18. The van der Waals surface area contributed by atoms with Crippen molar-refractivity contribution in [3.63, 3.8) is 0 Å². The lowest BCUT2D eigenvalue weighted by molar-refractivity contribution is 0.238. The van der Waals surface area contributed by atoms with Gasteiger partial charge in [0.25, 0.3) is 0 Å². The molecule has 3 aromatic rings. The summed E-state index contributed by atoms with van der Waals surface area (Å²) in [6.45, 7) is 0.498. The van der Waals surface area contributed by atoms with Crippen LogP contribution < -0.4 is 15.4 Å². The maximum atomic E-state index is 12.5. The van der Waals surface area contributed by atoms with Crippen LogP contribution in [0.2, 0.25) is 5.02 Å². The van der Waals surface area contributed by atoms with Gasteiger partial charge in [-0.3, -0.25) is 0 Å². The van der Waals surface area contributed by atoms with Gasteiger partial charge in [0, 0.05) is 31.0 Å². The molecule has 0 radical (unpaired) electrons. The van der Waals surface area contributed by atoms with E-state index in [1.165, 1.54) is 0 Å². The summed E-state index contributed by atoms with van der Waals surface area (Å²) in [5.41, 5.74) is 1.96. The quantitative estimate of drug-likeness (QED) is 0.637. The van der Waals surface area contributed by atoms with Gasteiger partial charge in [0.05, 0.1) is 7.11 Å². The topological polar surface area (TPSA) is 68.2 Å². The molecule has 1 aromatic heterocycles. The van der Waals surface area contributed by atoms with Crippen molar-refractivity contribution in [3.05, 3.63) is 82.9 Å². The van der Waals surface area contributed by atoms with Crippen LogP contribution in [0.3, 0.4) is 0 Å². The van der Waals surface area contributed by atoms with Gasteiger partial charge in [-0.15, -0.1) is 0 Å². The molecular formula is C21H23ClN4O2. The Morgan fingerprint density at radius 1 is 1.25 bits per heavy atom. The second-order valence-corrected chi connectivity index (χ2v) is 6.82. The van der Waals surface area contributed by atoms with Gasteiger partial charge in [0.15, 0.2) is 0 Å². The molecule has 2 N–H and O–H groups in total. The van der Waals surface area contributed by atoms with Gasteiger partial charge in [-0.25, -0.2) is 9.78 Å². The number of halogens is 1. The van der Waals surface area contributed by atoms with Gasteiger partial charge in [-0.05, 0) is 41.8 Å². The van der Waals surface area contributed by atoms with Gasteiger partial charge < -0.3 is 19.9 Å². The molecule has 7 heteroatoms. The van der Waals surface area contributed by atoms with E-state index in [2.05, 4.69) is 15.6 Å². The Kier molecular flexibility index (Phi) is 6.55. The van der Waals surface area contributed by atoms with Crippen molar-refractivity contribution in [3.8, 4) is 5.75 Å². The van der Waals surface area contributed by atoms with Crippen molar-refractivity contribution in [2.75, 3.05) is 13.7 Å². The number of carbonyl (C=O) groups is 1. The van der Waals surface area contributed by atoms with Crippen LogP contribution in [0, 0.1) is 0 Å². The minimum absolute atomic E-state index is 0.266. The Balaban J connectivity index is 1.68. The number of amides is 2. The minimum atomic E-state index is -0.402. The third-order valence-electron chi connectivity index (χ3n) is 4.41. The van der Waals surface area contributed by atoms with E-state index in [4.69, 9.17) is 16.3 Å². The summed E-state index contributed by atoms with van der Waals surface area (Å²) in [5.74, 6) is 1.46. The Morgan fingerprint density at radius 2 is 2.07 bits per heavy atom. The number of nitrogens with zero attached hydrogens (tertiary/aromatic N) is 2. The molecule has 0 fully saturated rings. The summed E-state index contributed by atoms with van der Waals surface area (Å²) in [7, 11) is 3.51. The number of imidazole rings is 1. The van der Waals surface area contributed by atoms with Crippen molar-refractivity contribution in [2.45, 2.75) is 12.5 Å². The minimum Gasteiger partial charge on any atom is -0.497 e. The van der Waals surface area contributed by atoms with E-state index in [9.17, 15) is 4.79 Å². The van der Waals surface area contributed by atoms with Crippen LogP contribution in [0.25, 0.3) is 0 Å². The smallest absolute Gasteiger partial charge is 0.315 e. The number of benzene rings is 2. The highest BCUT2D eigenvalue weighted by Gasteiger charge is 2.21. The fourth-order valence-electron chi connectivity index (χ4n) is 2.97. The van der Waals surface area contributed by atoms with Crippen molar-refractivity contribution in [2.24, 2.45) is 7.05 Å². The number of carbonyl (C=O) groups excluding carboxylic acids is 1. The van der Waals surface area contributed by atoms with E-state index < -0.39 is 6.04 Å². The molecule has 0 aliphatic carbocycles. The average Bonchev–Trinajstić information content (AvgIpc) is 3.12. The Bertz CT molecular complexity index is 941. The number of hydrogen-bond acceptors (Lipinski definition) is 3. The lowest BCUT2D eigenvalue weighted by Crippen LogP contribution is -2.40. The number of ether oxygens (including phenoxy) is 1. The van der Waals surface area contributed by atoms with Crippen LogP contribution in [0.15, 0.2) is 60.9 Å². The SMILES string of the molecule is COc1cccc([C@H](NC(=O)NCCc2cccc(Cl)c2)c2nccn2C)c1. The Morgan fingerprint density at radius 3 is 2.79 bits per heavy atom. The second kappa shape index (κ2) is 9.28. The zero-order chi connectivity index (χ0) is 19.9. The molecule has 0 unspecified atom stereocenters. The van der Waals surface area contributed by atoms with Gasteiger partial charge in [0.1, 0.15) is 17.6 Å². The highest BCUT2D eigenvalue weighted by Crippen LogP contribution is 2.24. The summed E-state index contributed by atoms with van der Waals surface area (Å²) in [5, 5.41) is 6.60. The number of urea groups is 1. The first-order chi connectivity index (χ1) is 13.6. The standard InChI is InChI=1S/C21H23ClN4O2/c1-26-12-11-23-20(26)19(16-6-4-8-18(14-16)28-2)25-21(27)24-10-9-15-5-3-7-17(22)13-15/h3-8,11-14,19H,9-10H2,1-2H3,(H2,24,25,27)/t19-/m0/s1. The molecule has 3 rings (SSSR count). The van der Waals surface area contributed by atoms with Crippen molar-refractivity contribution >= 4 is 17.6 Å². The molecule has 1 atom stereocenters. The number of rotatable bonds is 7. The molecule has 2 amide bonds. The molecule has 0 saturated heterocycles. The third-order valence-corrected chi connectivity index (χ3v) is 4.64. The van der Waals surface area contributed by atoms with Crippen molar-refractivity contribution < 1.29 is 9.53 Å². The molecule has 1 heterocycles. The average molecular weight is 399 g/mol. The van der Waals surface area contributed by atoms with Crippen LogP contribution in [0.5, 0.6) is 5.75 Å². The first-order valence-corrected chi connectivity index (χ1v) is 9.34. The number of hydrogen-bond donors (Lipinski definition) is 2. The summed E-state index contributed by atoms with van der Waals surface area (Å²) in [6.07, 6.45) is 4.25. The van der Waals surface area contributed by atoms with E-state index in [0.717, 1.165) is 22.7 Å². The first-order valence-electron chi connectivity index (χ1n) is 8.97. The van der Waals surface area contributed by atoms with Gasteiger partial charge in [-0.1, -0.05) is 35.9 Å². The zero-order valence-corrected chi connectivity index (χ0v) is 16.6. The molecule has 0 spiro atoms. The van der Waals surface area contributed by atoms with Crippen LogP contribution in [0.4, 0.5) is 4.79 Å². The molecule has 146 valence electrons. The molecule has 0 aliphatic rings. The maximum absolute atomic E-state index is 12.5. The predicted molar refractivity (Wildman–Crippen MR) is 110 cm³/mol. The first kappa shape index (κ1) is 19.8. The molecule has 28 heavy (non-hydrogen) atoms. The summed E-state index contributed by atoms with van der Waals surface area (Å²) in [6, 6.07) is 14.5. The van der Waals surface area contributed by atoms with Crippen LogP contribution in [0.1, 0.15) is 23.0 Å². The summed E-state index contributed by atoms with van der Waals surface area (Å²) in [4.78, 5) is 16.9. The molecule has 2 aromatic carbocycles. The number of aromatic nitrogens is 2. The van der Waals surface area contributed by atoms with E-state index in [-0.39, 0.29) is 6.03 Å². The van der Waals surface area contributed by atoms with Gasteiger partial charge in [0.2, 0.25) is 0 Å². The number of nitrogens with one attached hydrogen (secondary N) is 2. The van der Waals surface area contributed by atoms with Crippen LogP contribution in [-0.2, 0) is 13.5 Å². The fraction of sp³-hybridized carbons (Fsp3) is 0.238. The number of methoxy groups -OCH3 is 1. The molecule has 0 saturated carbocycles. The second-order valence-electron chi connectivity index (χ2n) is 6.39. The van der Waals surface area contributed by atoms with Crippen LogP contribution >= 0.6 is 11.6 Å². The number of aryl methyl sites for hydroxylation is 1. The van der Waals surface area contributed by atoms with Gasteiger partial charge in [-0.2, -0.15) is 0 Å². The molecule has 6 nitrogen and oxygen atoms in total. The Labute approximate surface area is 169 Å². The molecule has 0 bridgehead atoms. The van der Waals surface area contributed by atoms with Crippen molar-refractivity contribution in [1.82, 2.24) is 20.2 Å². The lowest BCUT2D eigenvalue weighted by atomic mass is 10.1. The largest absolute Gasteiger partial charge is 0.497 e.